The number of nitrogens with one attached hydrogen (secondary N) is 2. The number of hydrogen-bond acceptors (Lipinski definition) is 6. The van der Waals surface area contributed by atoms with Gasteiger partial charge in [0.2, 0.25) is 0 Å². The first-order chi connectivity index (χ1) is 15.9. The molecule has 6 nitrogen and oxygen atoms in total. The van der Waals surface area contributed by atoms with Crippen LogP contribution in [-0.4, -0.2) is 23.1 Å². The van der Waals surface area contributed by atoms with Crippen LogP contribution in [0.15, 0.2) is 47.8 Å². The Morgan fingerprint density at radius 2 is 1.12 bits per heavy atom. The average Bonchev–Trinajstić information content (AvgIpc) is 2.98. The van der Waals surface area contributed by atoms with Crippen molar-refractivity contribution >= 4 is 23.3 Å². The Morgan fingerprint density at radius 3 is 1.50 bits per heavy atom. The molecule has 4 aliphatic rings. The van der Waals surface area contributed by atoms with Gasteiger partial charge in [0, 0.05) is 35.1 Å². The second kappa shape index (κ2) is 7.37. The Bertz CT molecular complexity index is 1030. The van der Waals surface area contributed by atoms with Gasteiger partial charge in [0.1, 0.15) is 11.2 Å². The summed E-state index contributed by atoms with van der Waals surface area (Å²) in [4.78, 5) is 25.6. The predicted molar refractivity (Wildman–Crippen MR) is 132 cm³/mol. The van der Waals surface area contributed by atoms with Gasteiger partial charge in [0.05, 0.1) is 22.5 Å². The lowest BCUT2D eigenvalue weighted by Gasteiger charge is -2.45. The number of para-hydroxylation sites is 2. The van der Waals surface area contributed by atoms with Crippen LogP contribution in [0.2, 0.25) is 0 Å². The van der Waals surface area contributed by atoms with Gasteiger partial charge >= 0.3 is 11.9 Å². The molecule has 1 aromatic rings. The Kier molecular flexibility index (Phi) is 4.98. The van der Waals surface area contributed by atoms with Crippen molar-refractivity contribution < 1.29 is 19.1 Å². The molecule has 5 rings (SSSR count). The lowest BCUT2D eigenvalue weighted by atomic mass is 9.69. The molecular formula is C28H36N2O4. The van der Waals surface area contributed by atoms with Gasteiger partial charge in [0.15, 0.2) is 0 Å². The van der Waals surface area contributed by atoms with Crippen LogP contribution >= 0.6 is 0 Å². The number of ether oxygens (including phenoxy) is 2. The van der Waals surface area contributed by atoms with Crippen molar-refractivity contribution in [2.24, 2.45) is 22.7 Å². The maximum absolute atomic E-state index is 12.8. The lowest BCUT2D eigenvalue weighted by Crippen LogP contribution is -2.49. The average molecular weight is 465 g/mol. The first kappa shape index (κ1) is 23.0. The van der Waals surface area contributed by atoms with Gasteiger partial charge in [-0.3, -0.25) is 0 Å². The van der Waals surface area contributed by atoms with Crippen molar-refractivity contribution in [1.82, 2.24) is 0 Å². The summed E-state index contributed by atoms with van der Waals surface area (Å²) in [5.74, 6) is -0.157. The Labute approximate surface area is 202 Å². The Morgan fingerprint density at radius 1 is 0.735 bits per heavy atom. The molecule has 2 aliphatic carbocycles. The summed E-state index contributed by atoms with van der Waals surface area (Å²) >= 11 is 0. The van der Waals surface area contributed by atoms with Crippen molar-refractivity contribution in [2.75, 3.05) is 10.6 Å². The summed E-state index contributed by atoms with van der Waals surface area (Å²) in [6.45, 7) is 12.8. The van der Waals surface area contributed by atoms with Crippen molar-refractivity contribution in [3.63, 3.8) is 0 Å². The zero-order valence-corrected chi connectivity index (χ0v) is 21.1. The van der Waals surface area contributed by atoms with E-state index in [9.17, 15) is 9.59 Å². The van der Waals surface area contributed by atoms with Crippen LogP contribution in [0.3, 0.4) is 0 Å². The Balaban J connectivity index is 1.38. The molecule has 2 heterocycles. The molecule has 0 aromatic heterocycles. The number of rotatable bonds is 4. The SMILES string of the molecule is CC1(C)[C@@H]2CC[C@@]1(C)OC(=O)/C2=C\Nc1ccccc1N/C=C1\C(=O)O[C@]2(C)CC[C@H]1C2(C)C. The maximum atomic E-state index is 12.8. The molecule has 2 saturated carbocycles. The van der Waals surface area contributed by atoms with Crippen LogP contribution in [0.25, 0.3) is 0 Å². The molecule has 1 aromatic carbocycles. The highest BCUT2D eigenvalue weighted by atomic mass is 16.6. The van der Waals surface area contributed by atoms with E-state index < -0.39 is 11.2 Å². The number of benzene rings is 1. The van der Waals surface area contributed by atoms with E-state index in [-0.39, 0.29) is 34.6 Å². The normalized spacial score (nSPS) is 37.5. The fraction of sp³-hybridized carbons (Fsp3) is 0.571. The monoisotopic (exact) mass is 464 g/mol. The van der Waals surface area contributed by atoms with Crippen molar-refractivity contribution in [3.8, 4) is 0 Å². The number of anilines is 2. The number of esters is 2. The summed E-state index contributed by atoms with van der Waals surface area (Å²) in [5.41, 5.74) is 1.99. The third-order valence-corrected chi connectivity index (χ3v) is 9.84. The minimum absolute atomic E-state index is 0.111. The molecule has 182 valence electrons. The number of carbonyl (C=O) groups excluding carboxylic acids is 2. The fourth-order valence-electron chi connectivity index (χ4n) is 6.57. The standard InChI is InChI=1S/C28H36N2O4/c1-25(2)19-11-13-27(25,5)33-23(31)17(19)15-29-21-9-7-8-10-22(21)30-16-18-20-12-14-28(6,26(20,3)4)34-24(18)32/h7-10,15-16,19-20,29-30H,11-14H2,1-6H3/b17-15-,18-16-/t19-,20-,27-,28-/m1/s1. The largest absolute Gasteiger partial charge is 0.455 e. The van der Waals surface area contributed by atoms with Crippen LogP contribution in [0.4, 0.5) is 11.4 Å². The van der Waals surface area contributed by atoms with E-state index in [1.807, 2.05) is 38.1 Å². The summed E-state index contributed by atoms with van der Waals surface area (Å²) in [6.07, 6.45) is 7.24. The highest BCUT2D eigenvalue weighted by molar-refractivity contribution is 5.92. The van der Waals surface area contributed by atoms with E-state index >= 15 is 0 Å². The van der Waals surface area contributed by atoms with Crippen LogP contribution < -0.4 is 10.6 Å². The third kappa shape index (κ3) is 3.14. The highest BCUT2D eigenvalue weighted by Gasteiger charge is 2.61. The van der Waals surface area contributed by atoms with Crippen molar-refractivity contribution in [1.29, 1.82) is 0 Å². The summed E-state index contributed by atoms with van der Waals surface area (Å²) in [7, 11) is 0. The summed E-state index contributed by atoms with van der Waals surface area (Å²) in [6, 6.07) is 7.78. The fourth-order valence-corrected chi connectivity index (χ4v) is 6.57. The topological polar surface area (TPSA) is 76.7 Å². The van der Waals surface area contributed by atoms with Gasteiger partial charge in [-0.15, -0.1) is 0 Å². The first-order valence-corrected chi connectivity index (χ1v) is 12.4. The minimum atomic E-state index is -0.406. The quantitative estimate of drug-likeness (QED) is 0.434. The summed E-state index contributed by atoms with van der Waals surface area (Å²) < 4.78 is 11.8. The van der Waals surface area contributed by atoms with Gasteiger partial charge in [-0.25, -0.2) is 9.59 Å². The van der Waals surface area contributed by atoms with E-state index in [0.717, 1.165) is 37.1 Å². The van der Waals surface area contributed by atoms with Crippen molar-refractivity contribution in [3.05, 3.63) is 47.8 Å². The molecule has 4 bridgehead atoms. The Hall–Kier alpha value is -2.76. The zero-order chi connectivity index (χ0) is 24.5. The molecule has 2 N–H and O–H groups in total. The molecule has 6 heteroatoms. The maximum Gasteiger partial charge on any atom is 0.336 e. The number of hydrogen-bond donors (Lipinski definition) is 2. The molecule has 0 unspecified atom stereocenters. The zero-order valence-electron chi connectivity index (χ0n) is 21.1. The van der Waals surface area contributed by atoms with Gasteiger partial charge in [-0.1, -0.05) is 39.8 Å². The van der Waals surface area contributed by atoms with E-state index in [4.69, 9.17) is 9.47 Å². The van der Waals surface area contributed by atoms with E-state index in [2.05, 4.69) is 38.3 Å². The molecule has 4 atom stereocenters. The van der Waals surface area contributed by atoms with Gasteiger partial charge in [-0.2, -0.15) is 0 Å². The molecule has 34 heavy (non-hydrogen) atoms. The minimum Gasteiger partial charge on any atom is -0.455 e. The molecule has 0 amide bonds. The number of carbonyl (C=O) groups is 2. The second-order valence-corrected chi connectivity index (χ2v) is 11.9. The second-order valence-electron chi connectivity index (χ2n) is 11.9. The van der Waals surface area contributed by atoms with E-state index in [1.165, 1.54) is 0 Å². The molecular weight excluding hydrogens is 428 g/mol. The smallest absolute Gasteiger partial charge is 0.336 e. The van der Waals surface area contributed by atoms with E-state index in [0.29, 0.717) is 11.1 Å². The van der Waals surface area contributed by atoms with Gasteiger partial charge in [0.25, 0.3) is 0 Å². The van der Waals surface area contributed by atoms with Crippen LogP contribution in [-0.2, 0) is 19.1 Å². The lowest BCUT2D eigenvalue weighted by molar-refractivity contribution is -0.173. The molecule has 4 fully saturated rings. The van der Waals surface area contributed by atoms with E-state index in [1.54, 1.807) is 12.4 Å². The predicted octanol–water partition coefficient (Wildman–Crippen LogP) is 5.78. The van der Waals surface area contributed by atoms with Crippen molar-refractivity contribution in [2.45, 2.75) is 78.4 Å². The molecule has 0 radical (unpaired) electrons. The van der Waals surface area contributed by atoms with Crippen LogP contribution in [0.1, 0.15) is 67.2 Å². The highest BCUT2D eigenvalue weighted by Crippen LogP contribution is 2.59. The summed E-state index contributed by atoms with van der Waals surface area (Å²) in [5, 5.41) is 6.66. The van der Waals surface area contributed by atoms with Gasteiger partial charge < -0.3 is 20.1 Å². The molecule has 2 saturated heterocycles. The van der Waals surface area contributed by atoms with Gasteiger partial charge in [-0.05, 0) is 51.7 Å². The first-order valence-electron chi connectivity index (χ1n) is 12.4. The third-order valence-electron chi connectivity index (χ3n) is 9.84. The van der Waals surface area contributed by atoms with Crippen LogP contribution in [0.5, 0.6) is 0 Å². The number of fused-ring (bicyclic) bond motifs is 4. The molecule has 2 aliphatic heterocycles. The molecule has 0 spiro atoms. The van der Waals surface area contributed by atoms with Crippen LogP contribution in [0, 0.1) is 22.7 Å².